The number of benzene rings is 1. The van der Waals surface area contributed by atoms with E-state index in [4.69, 9.17) is 14.2 Å². The normalized spacial score (nSPS) is 31.0. The van der Waals surface area contributed by atoms with Crippen LogP contribution in [0.1, 0.15) is 25.7 Å². The molecule has 0 saturated carbocycles. The molecule has 0 aromatic heterocycles. The summed E-state index contributed by atoms with van der Waals surface area (Å²) in [5, 5.41) is 9.53. The summed E-state index contributed by atoms with van der Waals surface area (Å²) in [7, 11) is 1.63. The lowest BCUT2D eigenvalue weighted by Crippen LogP contribution is -2.32. The molecule has 0 amide bonds. The molecule has 4 heteroatoms. The van der Waals surface area contributed by atoms with Crippen LogP contribution in [0.2, 0.25) is 0 Å². The van der Waals surface area contributed by atoms with E-state index in [1.807, 2.05) is 24.3 Å². The number of nitrogens with zero attached hydrogens (tertiary/aromatic N) is 1. The Bertz CT molecular complexity index is 525. The minimum Gasteiger partial charge on any atom is -0.493 e. The topological polar surface area (TPSA) is 51.5 Å². The Morgan fingerprint density at radius 3 is 2.75 bits per heavy atom. The number of fused-ring (bicyclic) bond motifs is 2. The molecule has 106 valence electrons. The van der Waals surface area contributed by atoms with Gasteiger partial charge in [0.05, 0.1) is 37.4 Å². The van der Waals surface area contributed by atoms with Gasteiger partial charge in [0.15, 0.2) is 11.5 Å². The van der Waals surface area contributed by atoms with Crippen molar-refractivity contribution in [2.45, 2.75) is 37.9 Å². The average molecular weight is 273 g/mol. The Kier molecular flexibility index (Phi) is 3.54. The van der Waals surface area contributed by atoms with E-state index in [1.165, 1.54) is 0 Å². The molecule has 0 spiro atoms. The number of rotatable bonds is 5. The van der Waals surface area contributed by atoms with Gasteiger partial charge >= 0.3 is 0 Å². The molecule has 2 aliphatic rings. The van der Waals surface area contributed by atoms with Gasteiger partial charge in [0, 0.05) is 6.42 Å². The standard InChI is InChI=1S/C16H19NO3/c1-18-13-4-2-3-5-14(13)19-9-8-16(11-17)10-12-6-7-15(16)20-12/h2-5,12,15H,6-10H2,1H3. The van der Waals surface area contributed by atoms with E-state index in [1.54, 1.807) is 7.11 Å². The van der Waals surface area contributed by atoms with Crippen molar-refractivity contribution in [3.8, 4) is 17.6 Å². The first-order valence-corrected chi connectivity index (χ1v) is 7.10. The second-order valence-electron chi connectivity index (χ2n) is 5.55. The van der Waals surface area contributed by atoms with E-state index in [0.717, 1.165) is 30.8 Å². The van der Waals surface area contributed by atoms with E-state index in [9.17, 15) is 5.26 Å². The maximum absolute atomic E-state index is 9.53. The molecule has 3 atom stereocenters. The summed E-state index contributed by atoms with van der Waals surface area (Å²) in [4.78, 5) is 0. The SMILES string of the molecule is COc1ccccc1OCCC1(C#N)CC2CCC1O2. The van der Waals surface area contributed by atoms with Gasteiger partial charge in [-0.25, -0.2) is 0 Å². The van der Waals surface area contributed by atoms with Gasteiger partial charge in [-0.1, -0.05) is 12.1 Å². The van der Waals surface area contributed by atoms with Crippen LogP contribution in [0.4, 0.5) is 0 Å². The molecule has 2 aliphatic heterocycles. The monoisotopic (exact) mass is 273 g/mol. The fraction of sp³-hybridized carbons (Fsp3) is 0.562. The van der Waals surface area contributed by atoms with Gasteiger partial charge in [-0.05, 0) is 31.4 Å². The summed E-state index contributed by atoms with van der Waals surface area (Å²) in [6.45, 7) is 0.514. The molecule has 2 fully saturated rings. The van der Waals surface area contributed by atoms with Crippen LogP contribution in [0.3, 0.4) is 0 Å². The van der Waals surface area contributed by atoms with Crippen LogP contribution >= 0.6 is 0 Å². The van der Waals surface area contributed by atoms with Crippen molar-refractivity contribution in [3.05, 3.63) is 24.3 Å². The number of methoxy groups -OCH3 is 1. The molecule has 0 radical (unpaired) electrons. The molecule has 1 aromatic carbocycles. The van der Waals surface area contributed by atoms with Crippen LogP contribution in [-0.4, -0.2) is 25.9 Å². The number of nitriles is 1. The lowest BCUT2D eigenvalue weighted by molar-refractivity contribution is 0.0712. The Hall–Kier alpha value is -1.73. The summed E-state index contributed by atoms with van der Waals surface area (Å²) in [5.41, 5.74) is -0.356. The molecule has 2 saturated heterocycles. The Labute approximate surface area is 119 Å². The van der Waals surface area contributed by atoms with Crippen molar-refractivity contribution < 1.29 is 14.2 Å². The molecule has 1 aromatic rings. The summed E-state index contributed by atoms with van der Waals surface area (Å²) in [6.07, 6.45) is 4.05. The first kappa shape index (κ1) is 13.3. The minimum atomic E-state index is -0.356. The van der Waals surface area contributed by atoms with E-state index in [-0.39, 0.29) is 17.6 Å². The van der Waals surface area contributed by atoms with Crippen LogP contribution in [0.15, 0.2) is 24.3 Å². The molecule has 0 aliphatic carbocycles. The third-order valence-corrected chi connectivity index (χ3v) is 4.41. The highest BCUT2D eigenvalue weighted by Gasteiger charge is 2.52. The van der Waals surface area contributed by atoms with E-state index >= 15 is 0 Å². The third-order valence-electron chi connectivity index (χ3n) is 4.41. The Balaban J connectivity index is 1.61. The summed E-state index contributed by atoms with van der Waals surface area (Å²) < 4.78 is 16.9. The van der Waals surface area contributed by atoms with Crippen molar-refractivity contribution in [2.75, 3.05) is 13.7 Å². The highest BCUT2D eigenvalue weighted by molar-refractivity contribution is 5.39. The molecule has 2 bridgehead atoms. The van der Waals surface area contributed by atoms with Gasteiger partial charge in [0.25, 0.3) is 0 Å². The first-order valence-electron chi connectivity index (χ1n) is 7.10. The zero-order chi connectivity index (χ0) is 14.0. The van der Waals surface area contributed by atoms with E-state index < -0.39 is 0 Å². The molecular weight excluding hydrogens is 254 g/mol. The molecule has 4 nitrogen and oxygen atoms in total. The summed E-state index contributed by atoms with van der Waals surface area (Å²) >= 11 is 0. The van der Waals surface area contributed by atoms with Crippen molar-refractivity contribution >= 4 is 0 Å². The van der Waals surface area contributed by atoms with E-state index in [2.05, 4.69) is 6.07 Å². The summed E-state index contributed by atoms with van der Waals surface area (Å²) in [5.74, 6) is 1.45. The van der Waals surface area contributed by atoms with Crippen LogP contribution in [-0.2, 0) is 4.74 Å². The van der Waals surface area contributed by atoms with Gasteiger partial charge in [-0.2, -0.15) is 5.26 Å². The predicted molar refractivity (Wildman–Crippen MR) is 73.7 cm³/mol. The largest absolute Gasteiger partial charge is 0.493 e. The van der Waals surface area contributed by atoms with Gasteiger partial charge in [-0.3, -0.25) is 0 Å². The average Bonchev–Trinajstić information content (AvgIpc) is 3.09. The van der Waals surface area contributed by atoms with Gasteiger partial charge in [0.1, 0.15) is 0 Å². The van der Waals surface area contributed by atoms with Crippen LogP contribution in [0, 0.1) is 16.7 Å². The third kappa shape index (κ3) is 2.23. The minimum absolute atomic E-state index is 0.0961. The highest BCUT2D eigenvalue weighted by atomic mass is 16.5. The number of hydrogen-bond donors (Lipinski definition) is 0. The van der Waals surface area contributed by atoms with Gasteiger partial charge < -0.3 is 14.2 Å². The number of hydrogen-bond acceptors (Lipinski definition) is 4. The van der Waals surface area contributed by atoms with Crippen molar-refractivity contribution in [1.82, 2.24) is 0 Å². The van der Waals surface area contributed by atoms with Crippen molar-refractivity contribution in [1.29, 1.82) is 5.26 Å². The lowest BCUT2D eigenvalue weighted by atomic mass is 9.73. The fourth-order valence-electron chi connectivity index (χ4n) is 3.32. The molecule has 2 heterocycles. The molecule has 3 unspecified atom stereocenters. The molecule has 20 heavy (non-hydrogen) atoms. The first-order chi connectivity index (χ1) is 9.77. The predicted octanol–water partition coefficient (Wildman–Crippen LogP) is 2.93. The quantitative estimate of drug-likeness (QED) is 0.827. The van der Waals surface area contributed by atoms with Gasteiger partial charge in [0.2, 0.25) is 0 Å². The van der Waals surface area contributed by atoms with Crippen molar-refractivity contribution in [2.24, 2.45) is 5.41 Å². The fourth-order valence-corrected chi connectivity index (χ4v) is 3.32. The van der Waals surface area contributed by atoms with Crippen LogP contribution < -0.4 is 9.47 Å². The molecular formula is C16H19NO3. The maximum atomic E-state index is 9.53. The second kappa shape index (κ2) is 5.34. The lowest BCUT2D eigenvalue weighted by Gasteiger charge is -2.28. The zero-order valence-corrected chi connectivity index (χ0v) is 11.7. The molecule has 3 rings (SSSR count). The maximum Gasteiger partial charge on any atom is 0.161 e. The van der Waals surface area contributed by atoms with Crippen LogP contribution in [0.5, 0.6) is 11.5 Å². The van der Waals surface area contributed by atoms with Gasteiger partial charge in [-0.15, -0.1) is 0 Å². The number of para-hydroxylation sites is 2. The second-order valence-corrected chi connectivity index (χ2v) is 5.55. The van der Waals surface area contributed by atoms with Crippen LogP contribution in [0.25, 0.3) is 0 Å². The zero-order valence-electron chi connectivity index (χ0n) is 11.7. The highest BCUT2D eigenvalue weighted by Crippen LogP contribution is 2.49. The Morgan fingerprint density at radius 2 is 2.15 bits per heavy atom. The van der Waals surface area contributed by atoms with Crippen molar-refractivity contribution in [3.63, 3.8) is 0 Å². The van der Waals surface area contributed by atoms with E-state index in [0.29, 0.717) is 13.0 Å². The number of ether oxygens (including phenoxy) is 3. The molecule has 0 N–H and O–H groups in total. The Morgan fingerprint density at radius 1 is 1.35 bits per heavy atom. The smallest absolute Gasteiger partial charge is 0.161 e. The summed E-state index contributed by atoms with van der Waals surface area (Å²) in [6, 6.07) is 10.1.